The summed E-state index contributed by atoms with van der Waals surface area (Å²) in [5.41, 5.74) is 0.161. The molecule has 0 saturated carbocycles. The van der Waals surface area contributed by atoms with Gasteiger partial charge in [0.1, 0.15) is 11.7 Å². The fraction of sp³-hybridized carbons (Fsp3) is 0.143. The number of nitriles is 1. The molecule has 0 saturated heterocycles. The van der Waals surface area contributed by atoms with E-state index < -0.39 is 23.6 Å². The highest BCUT2D eigenvalue weighted by molar-refractivity contribution is 5.95. The van der Waals surface area contributed by atoms with E-state index in [-0.39, 0.29) is 5.90 Å². The van der Waals surface area contributed by atoms with Crippen LogP contribution < -0.4 is 4.74 Å². The van der Waals surface area contributed by atoms with Gasteiger partial charge in [-0.15, -0.1) is 0 Å². The van der Waals surface area contributed by atoms with Crippen LogP contribution in [0.4, 0.5) is 13.2 Å². The van der Waals surface area contributed by atoms with E-state index in [0.29, 0.717) is 16.9 Å². The van der Waals surface area contributed by atoms with Crippen LogP contribution in [0.2, 0.25) is 0 Å². The van der Waals surface area contributed by atoms with Crippen LogP contribution in [-0.4, -0.2) is 5.90 Å². The number of hydrogen-bond acceptors (Lipinski definition) is 3. The van der Waals surface area contributed by atoms with Crippen LogP contribution in [0, 0.1) is 22.7 Å². The predicted molar refractivity (Wildman–Crippen MR) is 94.7 cm³/mol. The van der Waals surface area contributed by atoms with Crippen LogP contribution in [0.15, 0.2) is 60.7 Å². The van der Waals surface area contributed by atoms with E-state index in [2.05, 4.69) is 0 Å². The van der Waals surface area contributed by atoms with Crippen molar-refractivity contribution in [3.8, 4) is 11.8 Å². The fourth-order valence-corrected chi connectivity index (χ4v) is 3.54. The van der Waals surface area contributed by atoms with Gasteiger partial charge in [-0.05, 0) is 17.0 Å². The van der Waals surface area contributed by atoms with Gasteiger partial charge in [0.15, 0.2) is 0 Å². The topological polar surface area (TPSA) is 56.9 Å². The molecule has 0 bridgehead atoms. The molecule has 0 radical (unpaired) electrons. The first kappa shape index (κ1) is 17.1. The number of fused-ring (bicyclic) bond motifs is 3. The van der Waals surface area contributed by atoms with Crippen LogP contribution in [0.5, 0.6) is 5.75 Å². The lowest BCUT2D eigenvalue weighted by Crippen LogP contribution is -2.31. The van der Waals surface area contributed by atoms with Gasteiger partial charge < -0.3 is 4.74 Å². The van der Waals surface area contributed by atoms with Gasteiger partial charge in [-0.2, -0.15) is 18.4 Å². The molecule has 1 N–H and O–H groups in total. The van der Waals surface area contributed by atoms with Crippen molar-refractivity contribution in [2.75, 3.05) is 0 Å². The van der Waals surface area contributed by atoms with Gasteiger partial charge in [0, 0.05) is 16.9 Å². The van der Waals surface area contributed by atoms with Crippen molar-refractivity contribution < 1.29 is 17.9 Å². The van der Waals surface area contributed by atoms with Crippen LogP contribution in [0.25, 0.3) is 10.8 Å². The van der Waals surface area contributed by atoms with Crippen molar-refractivity contribution in [2.45, 2.75) is 12.1 Å². The van der Waals surface area contributed by atoms with Gasteiger partial charge in [0.2, 0.25) is 5.90 Å². The molecule has 0 aliphatic carbocycles. The molecule has 134 valence electrons. The summed E-state index contributed by atoms with van der Waals surface area (Å²) in [5, 5.41) is 19.4. The number of nitrogens with one attached hydrogen (secondary N) is 1. The van der Waals surface area contributed by atoms with Crippen LogP contribution in [0.3, 0.4) is 0 Å². The molecule has 3 aromatic rings. The quantitative estimate of drug-likeness (QED) is 0.618. The van der Waals surface area contributed by atoms with Crippen molar-refractivity contribution in [3.05, 3.63) is 77.4 Å². The minimum absolute atomic E-state index is 0.260. The minimum Gasteiger partial charge on any atom is -0.441 e. The number of hydrogen-bond donors (Lipinski definition) is 1. The zero-order valence-corrected chi connectivity index (χ0v) is 13.9. The third kappa shape index (κ3) is 2.81. The second-order valence-corrected chi connectivity index (χ2v) is 6.38. The highest BCUT2D eigenvalue weighted by Crippen LogP contribution is 2.46. The maximum absolute atomic E-state index is 13.2. The Morgan fingerprint density at radius 2 is 1.78 bits per heavy atom. The van der Waals surface area contributed by atoms with Crippen molar-refractivity contribution in [3.63, 3.8) is 0 Å². The van der Waals surface area contributed by atoms with E-state index in [0.717, 1.165) is 22.9 Å². The average molecular weight is 366 g/mol. The number of halogens is 3. The first-order valence-electron chi connectivity index (χ1n) is 8.25. The van der Waals surface area contributed by atoms with E-state index in [4.69, 9.17) is 10.1 Å². The smallest absolute Gasteiger partial charge is 0.416 e. The van der Waals surface area contributed by atoms with Crippen LogP contribution >= 0.6 is 0 Å². The molecule has 0 aromatic heterocycles. The molecule has 4 rings (SSSR count). The monoisotopic (exact) mass is 366 g/mol. The zero-order chi connectivity index (χ0) is 19.2. The molecule has 27 heavy (non-hydrogen) atoms. The lowest BCUT2D eigenvalue weighted by Gasteiger charge is -2.31. The lowest BCUT2D eigenvalue weighted by molar-refractivity contribution is -0.137. The first-order chi connectivity index (χ1) is 12.9. The Labute approximate surface area is 153 Å². The molecule has 1 aliphatic heterocycles. The maximum atomic E-state index is 13.2. The largest absolute Gasteiger partial charge is 0.441 e. The second kappa shape index (κ2) is 6.13. The molecule has 1 aliphatic rings. The van der Waals surface area contributed by atoms with Gasteiger partial charge in [0.05, 0.1) is 11.6 Å². The highest BCUT2D eigenvalue weighted by Gasteiger charge is 2.39. The molecule has 0 spiro atoms. The Kier molecular flexibility index (Phi) is 3.88. The molecule has 0 fully saturated rings. The van der Waals surface area contributed by atoms with Crippen molar-refractivity contribution >= 4 is 16.7 Å². The van der Waals surface area contributed by atoms with Gasteiger partial charge in [-0.25, -0.2) is 0 Å². The summed E-state index contributed by atoms with van der Waals surface area (Å²) in [5.74, 6) is -1.55. The summed E-state index contributed by atoms with van der Waals surface area (Å²) < 4.78 is 45.1. The molecule has 3 aromatic carbocycles. The zero-order valence-electron chi connectivity index (χ0n) is 13.9. The number of nitrogens with zero attached hydrogens (tertiary/aromatic N) is 1. The van der Waals surface area contributed by atoms with Gasteiger partial charge in [-0.3, -0.25) is 5.41 Å². The number of ether oxygens (including phenoxy) is 1. The highest BCUT2D eigenvalue weighted by atomic mass is 19.4. The molecule has 2 atom stereocenters. The van der Waals surface area contributed by atoms with Crippen LogP contribution in [0.1, 0.15) is 22.6 Å². The number of benzene rings is 3. The standard InChI is InChI=1S/C21H13F3N2O/c22-21(23,24)14-6-3-5-13(10-14)18-16-9-8-12-4-1-2-7-15(12)19(16)27-20(26)17(18)11-25/h1-10,17-18,26H. The van der Waals surface area contributed by atoms with Crippen LogP contribution in [-0.2, 0) is 6.18 Å². The van der Waals surface area contributed by atoms with E-state index in [1.54, 1.807) is 12.1 Å². The van der Waals surface area contributed by atoms with E-state index in [1.165, 1.54) is 6.07 Å². The third-order valence-corrected chi connectivity index (χ3v) is 4.79. The van der Waals surface area contributed by atoms with E-state index >= 15 is 0 Å². The number of alkyl halides is 3. The SMILES string of the molecule is N#CC1C(=N)Oc2c(ccc3ccccc23)C1c1cccc(C(F)(F)F)c1. The predicted octanol–water partition coefficient (Wildman–Crippen LogP) is 5.50. The Hall–Kier alpha value is -3.33. The summed E-state index contributed by atoms with van der Waals surface area (Å²) in [4.78, 5) is 0. The first-order valence-corrected chi connectivity index (χ1v) is 8.25. The van der Waals surface area contributed by atoms with Crippen molar-refractivity contribution in [2.24, 2.45) is 5.92 Å². The number of rotatable bonds is 1. The Bertz CT molecular complexity index is 1100. The third-order valence-electron chi connectivity index (χ3n) is 4.79. The molecule has 2 unspecified atom stereocenters. The summed E-state index contributed by atoms with van der Waals surface area (Å²) >= 11 is 0. The fourth-order valence-electron chi connectivity index (χ4n) is 3.54. The molecule has 1 heterocycles. The lowest BCUT2D eigenvalue weighted by atomic mass is 9.78. The summed E-state index contributed by atoms with van der Waals surface area (Å²) in [6, 6.07) is 18.0. The maximum Gasteiger partial charge on any atom is 0.416 e. The van der Waals surface area contributed by atoms with Gasteiger partial charge >= 0.3 is 6.18 Å². The Balaban J connectivity index is 1.96. The second-order valence-electron chi connectivity index (χ2n) is 6.38. The summed E-state index contributed by atoms with van der Waals surface area (Å²) in [6.45, 7) is 0. The summed E-state index contributed by atoms with van der Waals surface area (Å²) in [7, 11) is 0. The minimum atomic E-state index is -4.48. The molecule has 6 heteroatoms. The molecular formula is C21H13F3N2O. The van der Waals surface area contributed by atoms with E-state index in [1.807, 2.05) is 36.4 Å². The Morgan fingerprint density at radius 1 is 1.00 bits per heavy atom. The molecule has 0 amide bonds. The average Bonchev–Trinajstić information content (AvgIpc) is 2.66. The molecule has 3 nitrogen and oxygen atoms in total. The van der Waals surface area contributed by atoms with Crippen molar-refractivity contribution in [1.29, 1.82) is 10.7 Å². The summed E-state index contributed by atoms with van der Waals surface area (Å²) in [6.07, 6.45) is -4.48. The van der Waals surface area contributed by atoms with E-state index in [9.17, 15) is 18.4 Å². The normalized spacial score (nSPS) is 19.3. The van der Waals surface area contributed by atoms with Gasteiger partial charge in [0.25, 0.3) is 0 Å². The Morgan fingerprint density at radius 3 is 2.52 bits per heavy atom. The molecular weight excluding hydrogens is 353 g/mol. The van der Waals surface area contributed by atoms with Crippen molar-refractivity contribution in [1.82, 2.24) is 0 Å². The van der Waals surface area contributed by atoms with Gasteiger partial charge in [-0.1, -0.05) is 54.6 Å².